The molecule has 0 unspecified atom stereocenters. The standard InChI is InChI=1S/C19H17F3N2O3/c1-9-10(2)17-16(23-14(25)8-27-17)11(3)15(9)24-18(26)12-6-4-5-7-13(12)19(20,21)22/h4-7H,8H2,1-3H3,(H,23,25)(H,24,26). The molecule has 8 heteroatoms. The van der Waals surface area contributed by atoms with Crippen LogP contribution in [0.3, 0.4) is 0 Å². The molecule has 0 saturated heterocycles. The zero-order valence-electron chi connectivity index (χ0n) is 14.9. The van der Waals surface area contributed by atoms with E-state index in [2.05, 4.69) is 10.6 Å². The Bertz CT molecular complexity index is 952. The molecule has 1 aliphatic heterocycles. The van der Waals surface area contributed by atoms with Gasteiger partial charge in [-0.25, -0.2) is 0 Å². The first-order valence-electron chi connectivity index (χ1n) is 8.15. The molecule has 1 aliphatic rings. The summed E-state index contributed by atoms with van der Waals surface area (Å²) >= 11 is 0. The van der Waals surface area contributed by atoms with Gasteiger partial charge in [0.2, 0.25) is 0 Å². The van der Waals surface area contributed by atoms with E-state index in [1.54, 1.807) is 20.8 Å². The number of carbonyl (C=O) groups is 2. The second kappa shape index (κ2) is 6.61. The van der Waals surface area contributed by atoms with E-state index in [4.69, 9.17) is 4.74 Å². The zero-order valence-corrected chi connectivity index (χ0v) is 14.9. The summed E-state index contributed by atoms with van der Waals surface area (Å²) in [5.41, 5.74) is 1.13. The maximum Gasteiger partial charge on any atom is 0.417 e. The average Bonchev–Trinajstić information content (AvgIpc) is 2.62. The van der Waals surface area contributed by atoms with Crippen LogP contribution in [0.5, 0.6) is 5.75 Å². The Morgan fingerprint density at radius 3 is 2.44 bits per heavy atom. The molecule has 0 aromatic heterocycles. The van der Waals surface area contributed by atoms with Crippen molar-refractivity contribution in [3.8, 4) is 5.75 Å². The summed E-state index contributed by atoms with van der Waals surface area (Å²) in [6.07, 6.45) is -4.65. The molecule has 2 aromatic carbocycles. The fraction of sp³-hybridized carbons (Fsp3) is 0.263. The summed E-state index contributed by atoms with van der Waals surface area (Å²) in [6.45, 7) is 5.03. The number of anilines is 2. The highest BCUT2D eigenvalue weighted by atomic mass is 19.4. The van der Waals surface area contributed by atoms with Gasteiger partial charge in [-0.1, -0.05) is 12.1 Å². The van der Waals surface area contributed by atoms with Gasteiger partial charge in [-0.3, -0.25) is 9.59 Å². The van der Waals surface area contributed by atoms with Crippen molar-refractivity contribution in [2.24, 2.45) is 0 Å². The summed E-state index contributed by atoms with van der Waals surface area (Å²) in [6, 6.07) is 4.59. The third-order valence-electron chi connectivity index (χ3n) is 4.58. The highest BCUT2D eigenvalue weighted by molar-refractivity contribution is 6.08. The summed E-state index contributed by atoms with van der Waals surface area (Å²) in [7, 11) is 0. The van der Waals surface area contributed by atoms with E-state index in [0.717, 1.165) is 12.1 Å². The quantitative estimate of drug-likeness (QED) is 0.823. The molecule has 0 atom stereocenters. The minimum atomic E-state index is -4.65. The Kier molecular flexibility index (Phi) is 4.59. The average molecular weight is 378 g/mol. The summed E-state index contributed by atoms with van der Waals surface area (Å²) in [5, 5.41) is 5.26. The third kappa shape index (κ3) is 3.34. The van der Waals surface area contributed by atoms with Gasteiger partial charge < -0.3 is 15.4 Å². The molecule has 0 fully saturated rings. The minimum Gasteiger partial charge on any atom is -0.481 e. The van der Waals surface area contributed by atoms with Gasteiger partial charge in [-0.05, 0) is 44.0 Å². The van der Waals surface area contributed by atoms with Crippen molar-refractivity contribution in [2.75, 3.05) is 17.2 Å². The van der Waals surface area contributed by atoms with Crippen molar-refractivity contribution < 1.29 is 27.5 Å². The van der Waals surface area contributed by atoms with Crippen molar-refractivity contribution in [3.63, 3.8) is 0 Å². The van der Waals surface area contributed by atoms with Crippen molar-refractivity contribution in [3.05, 3.63) is 52.1 Å². The number of nitrogens with one attached hydrogen (secondary N) is 2. The smallest absolute Gasteiger partial charge is 0.417 e. The van der Waals surface area contributed by atoms with Gasteiger partial charge in [0.05, 0.1) is 16.8 Å². The van der Waals surface area contributed by atoms with Gasteiger partial charge in [0.15, 0.2) is 6.61 Å². The van der Waals surface area contributed by atoms with E-state index in [9.17, 15) is 22.8 Å². The Balaban J connectivity index is 2.05. The number of halogens is 3. The van der Waals surface area contributed by atoms with Gasteiger partial charge in [0, 0.05) is 11.3 Å². The van der Waals surface area contributed by atoms with E-state index in [1.807, 2.05) is 0 Å². The molecule has 0 saturated carbocycles. The first-order chi connectivity index (χ1) is 12.6. The van der Waals surface area contributed by atoms with Crippen LogP contribution in [0.15, 0.2) is 24.3 Å². The second-order valence-corrected chi connectivity index (χ2v) is 6.29. The van der Waals surface area contributed by atoms with Gasteiger partial charge in [0.1, 0.15) is 5.75 Å². The number of hydrogen-bond acceptors (Lipinski definition) is 3. The van der Waals surface area contributed by atoms with Crippen LogP contribution >= 0.6 is 0 Å². The maximum atomic E-state index is 13.2. The topological polar surface area (TPSA) is 67.4 Å². The number of amides is 2. The number of fused-ring (bicyclic) bond motifs is 1. The van der Waals surface area contributed by atoms with Crippen LogP contribution in [0.25, 0.3) is 0 Å². The molecule has 2 N–H and O–H groups in total. The molecule has 0 aliphatic carbocycles. The predicted octanol–water partition coefficient (Wildman–Crippen LogP) is 4.21. The number of alkyl halides is 3. The van der Waals surface area contributed by atoms with E-state index >= 15 is 0 Å². The highest BCUT2D eigenvalue weighted by Crippen LogP contribution is 2.42. The Hall–Kier alpha value is -3.03. The van der Waals surface area contributed by atoms with Crippen LogP contribution in [0.2, 0.25) is 0 Å². The molecular weight excluding hydrogens is 361 g/mol. The molecule has 5 nitrogen and oxygen atoms in total. The largest absolute Gasteiger partial charge is 0.481 e. The van der Waals surface area contributed by atoms with E-state index < -0.39 is 23.2 Å². The first kappa shape index (κ1) is 18.8. The van der Waals surface area contributed by atoms with Crippen LogP contribution in [-0.2, 0) is 11.0 Å². The van der Waals surface area contributed by atoms with Crippen molar-refractivity contribution >= 4 is 23.2 Å². The SMILES string of the molecule is Cc1c(C)c2c(c(C)c1NC(=O)c1ccccc1C(F)(F)F)NC(=O)CO2. The molecule has 3 rings (SSSR count). The zero-order chi connectivity index (χ0) is 19.9. The normalized spacial score (nSPS) is 13.5. The van der Waals surface area contributed by atoms with Crippen molar-refractivity contribution in [2.45, 2.75) is 26.9 Å². The van der Waals surface area contributed by atoms with Crippen molar-refractivity contribution in [1.29, 1.82) is 0 Å². The van der Waals surface area contributed by atoms with Gasteiger partial charge in [-0.2, -0.15) is 13.2 Å². The lowest BCUT2D eigenvalue weighted by atomic mass is 9.98. The molecule has 2 aromatic rings. The number of rotatable bonds is 2. The van der Waals surface area contributed by atoms with E-state index in [0.29, 0.717) is 33.8 Å². The molecule has 0 radical (unpaired) electrons. The molecule has 142 valence electrons. The highest BCUT2D eigenvalue weighted by Gasteiger charge is 2.35. The predicted molar refractivity (Wildman–Crippen MR) is 94.2 cm³/mol. The molecule has 0 bridgehead atoms. The second-order valence-electron chi connectivity index (χ2n) is 6.29. The van der Waals surface area contributed by atoms with Crippen LogP contribution in [-0.4, -0.2) is 18.4 Å². The van der Waals surface area contributed by atoms with Gasteiger partial charge in [-0.15, -0.1) is 0 Å². The lowest BCUT2D eigenvalue weighted by Crippen LogP contribution is -2.27. The fourth-order valence-electron chi connectivity index (χ4n) is 3.06. The molecular formula is C19H17F3N2O3. The van der Waals surface area contributed by atoms with Crippen molar-refractivity contribution in [1.82, 2.24) is 0 Å². The van der Waals surface area contributed by atoms with Gasteiger partial charge >= 0.3 is 6.18 Å². The van der Waals surface area contributed by atoms with Crippen LogP contribution in [0.4, 0.5) is 24.5 Å². The molecule has 0 spiro atoms. The van der Waals surface area contributed by atoms with Crippen LogP contribution in [0, 0.1) is 20.8 Å². The summed E-state index contributed by atoms with van der Waals surface area (Å²) in [4.78, 5) is 24.2. The summed E-state index contributed by atoms with van der Waals surface area (Å²) in [5.74, 6) is -0.719. The number of ether oxygens (including phenoxy) is 1. The third-order valence-corrected chi connectivity index (χ3v) is 4.58. The number of hydrogen-bond donors (Lipinski definition) is 2. The summed E-state index contributed by atoms with van der Waals surface area (Å²) < 4.78 is 45.0. The van der Waals surface area contributed by atoms with E-state index in [-0.39, 0.29) is 12.5 Å². The van der Waals surface area contributed by atoms with Crippen LogP contribution < -0.4 is 15.4 Å². The lowest BCUT2D eigenvalue weighted by molar-refractivity contribution is -0.137. The number of benzene rings is 2. The monoisotopic (exact) mass is 378 g/mol. The maximum absolute atomic E-state index is 13.2. The van der Waals surface area contributed by atoms with Gasteiger partial charge in [0.25, 0.3) is 11.8 Å². The first-order valence-corrected chi connectivity index (χ1v) is 8.15. The molecule has 1 heterocycles. The lowest BCUT2D eigenvalue weighted by Gasteiger charge is -2.26. The van der Waals surface area contributed by atoms with E-state index in [1.165, 1.54) is 12.1 Å². The molecule has 27 heavy (non-hydrogen) atoms. The Morgan fingerprint density at radius 1 is 1.11 bits per heavy atom. The minimum absolute atomic E-state index is 0.114. The fourth-order valence-corrected chi connectivity index (χ4v) is 3.06. The Morgan fingerprint density at radius 2 is 1.78 bits per heavy atom. The Labute approximate surface area is 153 Å². The number of carbonyl (C=O) groups excluding carboxylic acids is 2. The molecule has 2 amide bonds. The van der Waals surface area contributed by atoms with Crippen LogP contribution in [0.1, 0.15) is 32.6 Å².